The first kappa shape index (κ1) is 25.2. The Labute approximate surface area is 175 Å². The molecule has 0 aliphatic carbocycles. The fourth-order valence-electron chi connectivity index (χ4n) is 4.49. The van der Waals surface area contributed by atoms with Crippen molar-refractivity contribution in [3.05, 3.63) is 24.6 Å². The van der Waals surface area contributed by atoms with Crippen LogP contribution < -0.4 is 5.32 Å². The van der Waals surface area contributed by atoms with E-state index in [9.17, 15) is 5.11 Å². The monoisotopic (exact) mass is 393 g/mol. The lowest BCUT2D eigenvalue weighted by atomic mass is 10.0. The maximum absolute atomic E-state index is 10.2. The average molecular weight is 394 g/mol. The minimum Gasteiger partial charge on any atom is -0.345 e. The van der Waals surface area contributed by atoms with Gasteiger partial charge in [0.25, 0.3) is 0 Å². The molecule has 2 N–H and O–H groups in total. The molecule has 0 amide bonds. The highest BCUT2D eigenvalue weighted by molar-refractivity contribution is 4.84. The zero-order chi connectivity index (χ0) is 20.5. The van der Waals surface area contributed by atoms with Crippen molar-refractivity contribution in [3.8, 4) is 0 Å². The lowest BCUT2D eigenvalue weighted by molar-refractivity contribution is -0.942. The predicted octanol–water partition coefficient (Wildman–Crippen LogP) is 6.99. The summed E-state index contributed by atoms with van der Waals surface area (Å²) in [6.45, 7) is 7.24. The van der Waals surface area contributed by atoms with E-state index >= 15 is 0 Å². The summed E-state index contributed by atoms with van der Waals surface area (Å²) in [7, 11) is 0. The molecule has 0 spiro atoms. The molecule has 0 saturated heterocycles. The molecule has 3 atom stereocenters. The van der Waals surface area contributed by atoms with Gasteiger partial charge in [0.2, 0.25) is 0 Å². The van der Waals surface area contributed by atoms with E-state index in [0.717, 1.165) is 13.0 Å². The van der Waals surface area contributed by atoms with Gasteiger partial charge in [0.15, 0.2) is 12.4 Å². The molecule has 1 heterocycles. The summed E-state index contributed by atoms with van der Waals surface area (Å²) < 4.78 is 0.676. The van der Waals surface area contributed by atoms with Crippen LogP contribution in [0.3, 0.4) is 0 Å². The Balaban J connectivity index is 1.88. The lowest BCUT2D eigenvalue weighted by Crippen LogP contribution is -2.57. The standard InChI is InChI=1S/C25H49N2O/c1-4-6-7-8-9-10-11-12-13-14-15-16-17-18-19-20-21-25-26-22-23-27(25,5-2)24(3)28/h6-7,22-26,28H,4-5,8-21H2,1-3H3/q+1/b7-6+. The molecular weight excluding hydrogens is 344 g/mol. The molecule has 164 valence electrons. The van der Waals surface area contributed by atoms with E-state index in [1.165, 1.54) is 89.9 Å². The molecule has 0 radical (unpaired) electrons. The highest BCUT2D eigenvalue weighted by Crippen LogP contribution is 2.25. The second-order valence-corrected chi connectivity index (χ2v) is 8.64. The van der Waals surface area contributed by atoms with Crippen LogP contribution in [0.25, 0.3) is 0 Å². The third kappa shape index (κ3) is 9.60. The van der Waals surface area contributed by atoms with Crippen molar-refractivity contribution in [1.82, 2.24) is 5.32 Å². The molecule has 3 nitrogen and oxygen atoms in total. The Morgan fingerprint density at radius 1 is 0.857 bits per heavy atom. The molecule has 0 aromatic carbocycles. The number of hydrogen-bond acceptors (Lipinski definition) is 2. The van der Waals surface area contributed by atoms with Gasteiger partial charge in [-0.2, -0.15) is 0 Å². The van der Waals surface area contributed by atoms with Gasteiger partial charge >= 0.3 is 0 Å². The quantitative estimate of drug-likeness (QED) is 0.149. The van der Waals surface area contributed by atoms with Gasteiger partial charge in [-0.15, -0.1) is 0 Å². The maximum Gasteiger partial charge on any atom is 0.193 e. The van der Waals surface area contributed by atoms with Crippen LogP contribution in [0.2, 0.25) is 0 Å². The van der Waals surface area contributed by atoms with Gasteiger partial charge in [-0.3, -0.25) is 4.48 Å². The molecule has 1 aliphatic rings. The average Bonchev–Trinajstić information content (AvgIpc) is 3.12. The van der Waals surface area contributed by atoms with Crippen LogP contribution in [-0.2, 0) is 0 Å². The summed E-state index contributed by atoms with van der Waals surface area (Å²) >= 11 is 0. The summed E-state index contributed by atoms with van der Waals surface area (Å²) in [6, 6.07) is 0. The predicted molar refractivity (Wildman–Crippen MR) is 123 cm³/mol. The van der Waals surface area contributed by atoms with Crippen molar-refractivity contribution in [2.45, 2.75) is 129 Å². The minimum absolute atomic E-state index is 0.334. The zero-order valence-corrected chi connectivity index (χ0v) is 19.2. The fourth-order valence-corrected chi connectivity index (χ4v) is 4.49. The van der Waals surface area contributed by atoms with Crippen molar-refractivity contribution in [1.29, 1.82) is 0 Å². The largest absolute Gasteiger partial charge is 0.345 e. The van der Waals surface area contributed by atoms with Crippen molar-refractivity contribution >= 4 is 0 Å². The van der Waals surface area contributed by atoms with E-state index in [2.05, 4.69) is 37.5 Å². The topological polar surface area (TPSA) is 32.3 Å². The molecule has 28 heavy (non-hydrogen) atoms. The second-order valence-electron chi connectivity index (χ2n) is 8.64. The highest BCUT2D eigenvalue weighted by Gasteiger charge is 2.40. The normalized spacial score (nSPS) is 22.8. The van der Waals surface area contributed by atoms with Crippen molar-refractivity contribution in [2.24, 2.45) is 0 Å². The number of nitrogens with zero attached hydrogens (tertiary/aromatic N) is 1. The Kier molecular flexibility index (Phi) is 14.5. The van der Waals surface area contributed by atoms with Gasteiger partial charge in [0.1, 0.15) is 6.20 Å². The van der Waals surface area contributed by atoms with E-state index in [4.69, 9.17) is 0 Å². The molecule has 1 rings (SSSR count). The van der Waals surface area contributed by atoms with Crippen LogP contribution in [0, 0.1) is 0 Å². The second kappa shape index (κ2) is 16.0. The molecule has 3 heteroatoms. The highest BCUT2D eigenvalue weighted by atomic mass is 16.3. The lowest BCUT2D eigenvalue weighted by Gasteiger charge is -2.39. The first-order chi connectivity index (χ1) is 13.7. The number of aliphatic hydroxyl groups is 1. The van der Waals surface area contributed by atoms with E-state index < -0.39 is 0 Å². The van der Waals surface area contributed by atoms with Crippen LogP contribution >= 0.6 is 0 Å². The molecule has 0 fully saturated rings. The third-order valence-corrected chi connectivity index (χ3v) is 6.47. The van der Waals surface area contributed by atoms with Gasteiger partial charge in [0.05, 0.1) is 12.7 Å². The van der Waals surface area contributed by atoms with E-state index in [-0.39, 0.29) is 6.23 Å². The SMILES string of the molecule is CC/C=C/CCCCCCCCCCCCCCC1NC=C[N+]1(CC)C(C)O. The summed E-state index contributed by atoms with van der Waals surface area (Å²) in [5.41, 5.74) is 0. The minimum atomic E-state index is -0.334. The van der Waals surface area contributed by atoms with Crippen molar-refractivity contribution in [3.63, 3.8) is 0 Å². The van der Waals surface area contributed by atoms with Gasteiger partial charge in [0, 0.05) is 13.3 Å². The van der Waals surface area contributed by atoms with Gasteiger partial charge in [-0.1, -0.05) is 83.3 Å². The number of unbranched alkanes of at least 4 members (excludes halogenated alkanes) is 12. The summed E-state index contributed by atoms with van der Waals surface area (Å²) in [5.74, 6) is 0. The van der Waals surface area contributed by atoms with Crippen LogP contribution in [0.15, 0.2) is 24.6 Å². The molecule has 0 saturated carbocycles. The Morgan fingerprint density at radius 2 is 1.39 bits per heavy atom. The number of rotatable bonds is 18. The Bertz CT molecular complexity index is 419. The Morgan fingerprint density at radius 3 is 1.89 bits per heavy atom. The van der Waals surface area contributed by atoms with Crippen LogP contribution in [0.1, 0.15) is 117 Å². The molecule has 3 unspecified atom stereocenters. The maximum atomic E-state index is 10.2. The molecular formula is C25H49N2O+. The molecule has 1 aliphatic heterocycles. The van der Waals surface area contributed by atoms with Gasteiger partial charge in [-0.05, 0) is 32.6 Å². The van der Waals surface area contributed by atoms with Crippen molar-refractivity contribution < 1.29 is 9.59 Å². The number of allylic oxidation sites excluding steroid dienone is 2. The number of hydrogen-bond donors (Lipinski definition) is 2. The summed E-state index contributed by atoms with van der Waals surface area (Å²) in [6.07, 6.45) is 29.1. The van der Waals surface area contributed by atoms with Crippen molar-refractivity contribution in [2.75, 3.05) is 6.54 Å². The van der Waals surface area contributed by atoms with Gasteiger partial charge in [-0.25, -0.2) is 0 Å². The van der Waals surface area contributed by atoms with Crippen LogP contribution in [0.4, 0.5) is 0 Å². The molecule has 0 aromatic heterocycles. The number of nitrogens with one attached hydrogen (secondary N) is 1. The summed E-state index contributed by atoms with van der Waals surface area (Å²) in [5, 5.41) is 13.6. The smallest absolute Gasteiger partial charge is 0.193 e. The van der Waals surface area contributed by atoms with Crippen LogP contribution in [-0.4, -0.2) is 28.5 Å². The van der Waals surface area contributed by atoms with E-state index in [0.29, 0.717) is 10.6 Å². The first-order valence-corrected chi connectivity index (χ1v) is 12.3. The summed E-state index contributed by atoms with van der Waals surface area (Å²) in [4.78, 5) is 0. The molecule has 0 aromatic rings. The Hall–Kier alpha value is -0.800. The fraction of sp³-hybridized carbons (Fsp3) is 0.840. The zero-order valence-electron chi connectivity index (χ0n) is 19.2. The van der Waals surface area contributed by atoms with Gasteiger partial charge < -0.3 is 10.4 Å². The third-order valence-electron chi connectivity index (χ3n) is 6.47. The van der Waals surface area contributed by atoms with E-state index in [1.54, 1.807) is 0 Å². The van der Waals surface area contributed by atoms with E-state index in [1.807, 2.05) is 13.1 Å². The number of aliphatic hydroxyl groups excluding tert-OH is 1. The van der Waals surface area contributed by atoms with Crippen LogP contribution in [0.5, 0.6) is 0 Å². The molecule has 0 bridgehead atoms. The number of quaternary nitrogens is 1. The first-order valence-electron chi connectivity index (χ1n) is 12.3.